The number of hydrogen-bond donors (Lipinski definition) is 2. The zero-order valence-electron chi connectivity index (χ0n) is 10.4. The molecule has 0 atom stereocenters. The molecule has 1 aromatic heterocycles. The largest absolute Gasteiger partial charge is 0.388 e. The highest BCUT2D eigenvalue weighted by atomic mass is 79.9. The highest BCUT2D eigenvalue weighted by molar-refractivity contribution is 9.10. The fraction of sp³-hybridized carbons (Fsp3) is 0.667. The van der Waals surface area contributed by atoms with Crippen LogP contribution in [0.1, 0.15) is 32.6 Å². The van der Waals surface area contributed by atoms with E-state index < -0.39 is 5.60 Å². The van der Waals surface area contributed by atoms with Gasteiger partial charge in [0.1, 0.15) is 4.47 Å². The number of nitrogens with zero attached hydrogens (tertiary/aromatic N) is 2. The summed E-state index contributed by atoms with van der Waals surface area (Å²) in [6, 6.07) is 0. The lowest BCUT2D eigenvalue weighted by Crippen LogP contribution is -2.34. The molecule has 100 valence electrons. The Kier molecular flexibility index (Phi) is 4.07. The lowest BCUT2D eigenvalue weighted by atomic mass is 10.0. The fourth-order valence-corrected chi connectivity index (χ4v) is 2.73. The molecular weight excluding hydrogens is 298 g/mol. The van der Waals surface area contributed by atoms with Gasteiger partial charge in [0.2, 0.25) is 0 Å². The molecule has 1 saturated carbocycles. The van der Waals surface area contributed by atoms with Gasteiger partial charge in [0.25, 0.3) is 5.56 Å². The monoisotopic (exact) mass is 315 g/mol. The van der Waals surface area contributed by atoms with Gasteiger partial charge in [-0.25, -0.2) is 4.68 Å². The molecule has 1 fully saturated rings. The Hall–Kier alpha value is -0.880. The Bertz CT molecular complexity index is 481. The van der Waals surface area contributed by atoms with Crippen LogP contribution in [-0.4, -0.2) is 27.0 Å². The summed E-state index contributed by atoms with van der Waals surface area (Å²) in [4.78, 5) is 11.8. The first-order valence-electron chi connectivity index (χ1n) is 6.27. The molecule has 0 amide bonds. The molecule has 1 aromatic rings. The fourth-order valence-electron chi connectivity index (χ4n) is 2.28. The Morgan fingerprint density at radius 3 is 2.83 bits per heavy atom. The Labute approximate surface area is 114 Å². The molecule has 18 heavy (non-hydrogen) atoms. The maximum absolute atomic E-state index is 11.8. The zero-order valence-corrected chi connectivity index (χ0v) is 12.0. The number of anilines is 1. The van der Waals surface area contributed by atoms with Gasteiger partial charge in [-0.2, -0.15) is 5.10 Å². The van der Waals surface area contributed by atoms with Crippen molar-refractivity contribution in [2.75, 3.05) is 11.9 Å². The lowest BCUT2D eigenvalue weighted by molar-refractivity contribution is 0.0614. The van der Waals surface area contributed by atoms with Gasteiger partial charge in [0.15, 0.2) is 0 Å². The number of aromatic nitrogens is 2. The Morgan fingerprint density at radius 2 is 2.22 bits per heavy atom. The van der Waals surface area contributed by atoms with Crippen molar-refractivity contribution < 1.29 is 5.11 Å². The second-order valence-electron chi connectivity index (χ2n) is 4.78. The highest BCUT2D eigenvalue weighted by Gasteiger charge is 2.30. The average molecular weight is 316 g/mol. The predicted octanol–water partition coefficient (Wildman–Crippen LogP) is 1.74. The number of aliphatic hydroxyl groups is 1. The molecule has 0 aliphatic heterocycles. The zero-order chi connectivity index (χ0) is 13.2. The normalized spacial score (nSPS) is 17.9. The van der Waals surface area contributed by atoms with Gasteiger partial charge in [-0.1, -0.05) is 12.8 Å². The minimum absolute atomic E-state index is 0.152. The summed E-state index contributed by atoms with van der Waals surface area (Å²) in [5, 5.41) is 17.4. The van der Waals surface area contributed by atoms with Crippen molar-refractivity contribution in [1.82, 2.24) is 9.78 Å². The summed E-state index contributed by atoms with van der Waals surface area (Å²) < 4.78 is 1.86. The number of rotatable bonds is 4. The van der Waals surface area contributed by atoms with E-state index in [1.807, 2.05) is 6.92 Å². The molecule has 1 heterocycles. The Morgan fingerprint density at radius 1 is 1.56 bits per heavy atom. The van der Waals surface area contributed by atoms with Crippen molar-refractivity contribution in [3.63, 3.8) is 0 Å². The second kappa shape index (κ2) is 5.40. The molecule has 2 rings (SSSR count). The molecule has 1 aliphatic rings. The van der Waals surface area contributed by atoms with E-state index >= 15 is 0 Å². The van der Waals surface area contributed by atoms with E-state index in [1.54, 1.807) is 6.20 Å². The van der Waals surface area contributed by atoms with Crippen molar-refractivity contribution in [3.8, 4) is 0 Å². The minimum Gasteiger partial charge on any atom is -0.388 e. The van der Waals surface area contributed by atoms with Gasteiger partial charge in [-0.3, -0.25) is 4.79 Å². The molecule has 0 aromatic carbocycles. The smallest absolute Gasteiger partial charge is 0.283 e. The second-order valence-corrected chi connectivity index (χ2v) is 5.57. The van der Waals surface area contributed by atoms with Gasteiger partial charge in [-0.05, 0) is 35.7 Å². The molecule has 0 saturated heterocycles. The maximum atomic E-state index is 11.8. The first-order chi connectivity index (χ1) is 8.56. The van der Waals surface area contributed by atoms with Crippen LogP contribution in [0, 0.1) is 0 Å². The molecule has 0 bridgehead atoms. The summed E-state index contributed by atoms with van der Waals surface area (Å²) in [5.41, 5.74) is -0.148. The molecular formula is C12H18BrN3O2. The third-order valence-corrected chi connectivity index (χ3v) is 4.19. The van der Waals surface area contributed by atoms with Gasteiger partial charge in [0, 0.05) is 13.1 Å². The van der Waals surface area contributed by atoms with Crippen LogP contribution >= 0.6 is 15.9 Å². The average Bonchev–Trinajstić information content (AvgIpc) is 2.79. The van der Waals surface area contributed by atoms with E-state index in [2.05, 4.69) is 26.3 Å². The van der Waals surface area contributed by atoms with Gasteiger partial charge in [0.05, 0.1) is 17.5 Å². The molecule has 6 heteroatoms. The van der Waals surface area contributed by atoms with E-state index in [0.717, 1.165) is 25.7 Å². The van der Waals surface area contributed by atoms with E-state index in [1.165, 1.54) is 4.68 Å². The van der Waals surface area contributed by atoms with Gasteiger partial charge in [-0.15, -0.1) is 0 Å². The molecule has 1 aliphatic carbocycles. The summed E-state index contributed by atoms with van der Waals surface area (Å²) >= 11 is 3.28. The van der Waals surface area contributed by atoms with Crippen LogP contribution in [0.25, 0.3) is 0 Å². The quantitative estimate of drug-likeness (QED) is 0.888. The Balaban J connectivity index is 2.10. The van der Waals surface area contributed by atoms with Crippen LogP contribution in [0.5, 0.6) is 0 Å². The van der Waals surface area contributed by atoms with Crippen LogP contribution in [0.2, 0.25) is 0 Å². The van der Waals surface area contributed by atoms with E-state index in [-0.39, 0.29) is 5.56 Å². The van der Waals surface area contributed by atoms with Crippen molar-refractivity contribution >= 4 is 21.6 Å². The van der Waals surface area contributed by atoms with E-state index in [9.17, 15) is 9.90 Å². The van der Waals surface area contributed by atoms with Gasteiger partial charge < -0.3 is 10.4 Å². The third-order valence-electron chi connectivity index (χ3n) is 3.43. The van der Waals surface area contributed by atoms with E-state index in [4.69, 9.17) is 0 Å². The summed E-state index contributed by atoms with van der Waals surface area (Å²) in [6.45, 7) is 2.87. The van der Waals surface area contributed by atoms with Crippen LogP contribution in [-0.2, 0) is 6.54 Å². The minimum atomic E-state index is -0.640. The maximum Gasteiger partial charge on any atom is 0.283 e. The first-order valence-corrected chi connectivity index (χ1v) is 7.07. The van der Waals surface area contributed by atoms with Crippen LogP contribution in [0.3, 0.4) is 0 Å². The molecule has 2 N–H and O–H groups in total. The van der Waals surface area contributed by atoms with Crippen LogP contribution in [0.15, 0.2) is 15.5 Å². The summed E-state index contributed by atoms with van der Waals surface area (Å²) in [7, 11) is 0. The highest BCUT2D eigenvalue weighted by Crippen LogP contribution is 2.30. The predicted molar refractivity (Wildman–Crippen MR) is 73.8 cm³/mol. The van der Waals surface area contributed by atoms with Crippen molar-refractivity contribution in [2.45, 2.75) is 44.8 Å². The first kappa shape index (κ1) is 13.5. The molecule has 5 nitrogen and oxygen atoms in total. The number of hydrogen-bond acceptors (Lipinski definition) is 4. The van der Waals surface area contributed by atoms with Crippen LogP contribution < -0.4 is 10.9 Å². The standard InChI is InChI=1S/C12H18BrN3O2/c1-2-16-11(17)10(13)9(7-15-16)14-8-12(18)5-3-4-6-12/h7,14,18H,2-6,8H2,1H3. The van der Waals surface area contributed by atoms with Crippen LogP contribution in [0.4, 0.5) is 5.69 Å². The third kappa shape index (κ3) is 2.75. The summed E-state index contributed by atoms with van der Waals surface area (Å²) in [6.07, 6.45) is 5.38. The molecule has 0 spiro atoms. The lowest BCUT2D eigenvalue weighted by Gasteiger charge is -2.23. The number of halogens is 1. The molecule has 0 unspecified atom stereocenters. The topological polar surface area (TPSA) is 67.2 Å². The number of aryl methyl sites for hydroxylation is 1. The van der Waals surface area contributed by atoms with Crippen molar-refractivity contribution in [2.24, 2.45) is 0 Å². The van der Waals surface area contributed by atoms with Crippen molar-refractivity contribution in [3.05, 3.63) is 21.0 Å². The van der Waals surface area contributed by atoms with E-state index in [0.29, 0.717) is 23.2 Å². The molecule has 0 radical (unpaired) electrons. The van der Waals surface area contributed by atoms with Crippen molar-refractivity contribution in [1.29, 1.82) is 0 Å². The van der Waals surface area contributed by atoms with Gasteiger partial charge >= 0.3 is 0 Å². The SMILES string of the molecule is CCn1ncc(NCC2(O)CCCC2)c(Br)c1=O. The number of nitrogens with one attached hydrogen (secondary N) is 1. The summed E-state index contributed by atoms with van der Waals surface area (Å²) in [5.74, 6) is 0.